The van der Waals surface area contributed by atoms with Gasteiger partial charge in [-0.05, 0) is 55.3 Å². The maximum Gasteiger partial charge on any atom is 0.264 e. The molecule has 0 unspecified atom stereocenters. The first kappa shape index (κ1) is 31.7. The molecule has 3 aromatic carbocycles. The van der Waals surface area contributed by atoms with Crippen LogP contribution in [-0.4, -0.2) is 44.3 Å². The van der Waals surface area contributed by atoms with Gasteiger partial charge in [0.25, 0.3) is 10.0 Å². The number of nitrogens with one attached hydrogen (secondary N) is 1. The number of nitrogens with zero attached hydrogens (tertiary/aromatic N) is 2. The van der Waals surface area contributed by atoms with Crippen molar-refractivity contribution in [1.82, 2.24) is 10.2 Å². The third-order valence-corrected chi connectivity index (χ3v) is 8.91. The first-order chi connectivity index (χ1) is 19.0. The molecule has 0 fully saturated rings. The quantitative estimate of drug-likeness (QED) is 0.255. The number of anilines is 1. The van der Waals surface area contributed by atoms with E-state index in [1.165, 1.54) is 23.1 Å². The van der Waals surface area contributed by atoms with Gasteiger partial charge in [0.15, 0.2) is 0 Å². The van der Waals surface area contributed by atoms with Crippen molar-refractivity contribution in [3.8, 4) is 0 Å². The summed E-state index contributed by atoms with van der Waals surface area (Å²) in [5.74, 6) is -1.85. The van der Waals surface area contributed by atoms with Crippen LogP contribution >= 0.6 is 34.8 Å². The summed E-state index contributed by atoms with van der Waals surface area (Å²) in [6.45, 7) is 3.17. The van der Waals surface area contributed by atoms with E-state index in [0.717, 1.165) is 16.4 Å². The molecule has 12 heteroatoms. The number of hydrogen-bond acceptors (Lipinski definition) is 4. The van der Waals surface area contributed by atoms with Crippen molar-refractivity contribution in [2.24, 2.45) is 0 Å². The third-order valence-electron chi connectivity index (χ3n) is 6.13. The Hall–Kier alpha value is -2.85. The second-order valence-electron chi connectivity index (χ2n) is 8.86. The molecular formula is C28H29Cl3FN3O4S. The zero-order valence-electron chi connectivity index (χ0n) is 21.9. The smallest absolute Gasteiger partial charge is 0.264 e. The highest BCUT2D eigenvalue weighted by Crippen LogP contribution is 2.30. The van der Waals surface area contributed by atoms with E-state index in [4.69, 9.17) is 34.8 Å². The minimum atomic E-state index is -4.32. The number of rotatable bonds is 12. The summed E-state index contributed by atoms with van der Waals surface area (Å²) in [5, 5.41) is 3.05. The maximum atomic E-state index is 14.0. The van der Waals surface area contributed by atoms with Gasteiger partial charge >= 0.3 is 0 Å². The molecule has 3 rings (SSSR count). The molecule has 0 saturated carbocycles. The molecule has 0 aliphatic heterocycles. The minimum absolute atomic E-state index is 0.0252. The van der Waals surface area contributed by atoms with Crippen LogP contribution in [0.2, 0.25) is 15.1 Å². The van der Waals surface area contributed by atoms with Crippen molar-refractivity contribution >= 4 is 62.3 Å². The van der Waals surface area contributed by atoms with E-state index < -0.39 is 40.2 Å². The van der Waals surface area contributed by atoms with Crippen LogP contribution < -0.4 is 9.62 Å². The monoisotopic (exact) mass is 627 g/mol. The largest absolute Gasteiger partial charge is 0.354 e. The van der Waals surface area contributed by atoms with E-state index >= 15 is 0 Å². The predicted octanol–water partition coefficient (Wildman–Crippen LogP) is 6.31. The average molecular weight is 629 g/mol. The van der Waals surface area contributed by atoms with E-state index in [1.807, 2.05) is 6.92 Å². The second-order valence-corrected chi connectivity index (χ2v) is 11.9. The van der Waals surface area contributed by atoms with Gasteiger partial charge in [0, 0.05) is 28.7 Å². The number of benzene rings is 3. The van der Waals surface area contributed by atoms with Crippen molar-refractivity contribution in [3.63, 3.8) is 0 Å². The van der Waals surface area contributed by atoms with Gasteiger partial charge < -0.3 is 10.2 Å². The van der Waals surface area contributed by atoms with Gasteiger partial charge in [0.1, 0.15) is 18.4 Å². The van der Waals surface area contributed by atoms with Crippen molar-refractivity contribution in [3.05, 3.63) is 93.2 Å². The first-order valence-corrected chi connectivity index (χ1v) is 15.1. The molecule has 0 aliphatic rings. The van der Waals surface area contributed by atoms with Crippen LogP contribution in [0.5, 0.6) is 0 Å². The lowest BCUT2D eigenvalue weighted by Gasteiger charge is -2.33. The van der Waals surface area contributed by atoms with E-state index in [9.17, 15) is 22.4 Å². The zero-order valence-corrected chi connectivity index (χ0v) is 25.0. The van der Waals surface area contributed by atoms with Crippen LogP contribution in [0, 0.1) is 5.82 Å². The van der Waals surface area contributed by atoms with Crippen molar-refractivity contribution in [1.29, 1.82) is 0 Å². The van der Waals surface area contributed by atoms with Crippen molar-refractivity contribution in [2.75, 3.05) is 17.4 Å². The Morgan fingerprint density at radius 3 is 2.15 bits per heavy atom. The van der Waals surface area contributed by atoms with Gasteiger partial charge in [0.05, 0.1) is 15.6 Å². The zero-order chi connectivity index (χ0) is 29.4. The Balaban J connectivity index is 2.10. The van der Waals surface area contributed by atoms with Crippen LogP contribution in [-0.2, 0) is 26.2 Å². The first-order valence-electron chi connectivity index (χ1n) is 12.5. The number of halogens is 4. The number of carbonyl (C=O) groups is 2. The van der Waals surface area contributed by atoms with Gasteiger partial charge in [-0.25, -0.2) is 12.8 Å². The SMILES string of the molecule is CCCNC(=O)[C@H](CC)N(Cc1c(Cl)cccc1Cl)C(=O)CN(c1ccc(F)c(Cl)c1)S(=O)(=O)c1ccccc1. The molecular weight excluding hydrogens is 600 g/mol. The fraction of sp³-hybridized carbons (Fsp3) is 0.286. The molecule has 0 heterocycles. The number of hydrogen-bond donors (Lipinski definition) is 1. The Morgan fingerprint density at radius 2 is 1.57 bits per heavy atom. The summed E-state index contributed by atoms with van der Waals surface area (Å²) in [4.78, 5) is 28.3. The molecule has 3 aromatic rings. The highest BCUT2D eigenvalue weighted by molar-refractivity contribution is 7.92. The Kier molecular flexibility index (Phi) is 11.2. The lowest BCUT2D eigenvalue weighted by molar-refractivity contribution is -0.140. The molecule has 0 radical (unpaired) electrons. The molecule has 0 aliphatic carbocycles. The molecule has 40 heavy (non-hydrogen) atoms. The van der Waals surface area contributed by atoms with Gasteiger partial charge in [-0.2, -0.15) is 0 Å². The average Bonchev–Trinajstić information content (AvgIpc) is 2.93. The highest BCUT2D eigenvalue weighted by Gasteiger charge is 2.34. The second kappa shape index (κ2) is 14.2. The lowest BCUT2D eigenvalue weighted by atomic mass is 10.1. The molecule has 7 nitrogen and oxygen atoms in total. The summed E-state index contributed by atoms with van der Waals surface area (Å²) in [6.07, 6.45) is 0.915. The summed E-state index contributed by atoms with van der Waals surface area (Å²) >= 11 is 18.8. The molecule has 2 amide bonds. The van der Waals surface area contributed by atoms with E-state index in [0.29, 0.717) is 18.5 Å². The fourth-order valence-electron chi connectivity index (χ4n) is 4.03. The molecule has 0 saturated heterocycles. The van der Waals surface area contributed by atoms with Gasteiger partial charge in [-0.3, -0.25) is 13.9 Å². The van der Waals surface area contributed by atoms with Crippen LogP contribution in [0.1, 0.15) is 32.3 Å². The van der Waals surface area contributed by atoms with Gasteiger partial charge in [-0.1, -0.05) is 72.9 Å². The number of carbonyl (C=O) groups excluding carboxylic acids is 2. The minimum Gasteiger partial charge on any atom is -0.354 e. The van der Waals surface area contributed by atoms with E-state index in [1.54, 1.807) is 43.3 Å². The summed E-state index contributed by atoms with van der Waals surface area (Å²) in [7, 11) is -4.32. The normalized spacial score (nSPS) is 12.1. The Morgan fingerprint density at radius 1 is 0.925 bits per heavy atom. The van der Waals surface area contributed by atoms with Crippen LogP contribution in [0.3, 0.4) is 0 Å². The van der Waals surface area contributed by atoms with Crippen LogP contribution in [0.25, 0.3) is 0 Å². The van der Waals surface area contributed by atoms with Crippen LogP contribution in [0.15, 0.2) is 71.6 Å². The Labute approximate surface area is 248 Å². The fourth-order valence-corrected chi connectivity index (χ4v) is 6.15. The summed E-state index contributed by atoms with van der Waals surface area (Å²) < 4.78 is 42.4. The summed E-state index contributed by atoms with van der Waals surface area (Å²) in [5.41, 5.74) is 0.381. The van der Waals surface area contributed by atoms with Gasteiger partial charge in [-0.15, -0.1) is 0 Å². The predicted molar refractivity (Wildman–Crippen MR) is 157 cm³/mol. The van der Waals surface area contributed by atoms with Crippen molar-refractivity contribution < 1.29 is 22.4 Å². The molecule has 1 atom stereocenters. The lowest BCUT2D eigenvalue weighted by Crippen LogP contribution is -2.52. The summed E-state index contributed by atoms with van der Waals surface area (Å²) in [6, 6.07) is 14.8. The van der Waals surface area contributed by atoms with Crippen molar-refractivity contribution in [2.45, 2.75) is 44.2 Å². The molecule has 0 bridgehead atoms. The standard InChI is InChI=1S/C28H29Cl3FN3O4S/c1-3-15-33-28(37)26(4-2)34(17-21-22(29)11-8-12-23(21)30)27(36)18-35(19-13-14-25(32)24(31)16-19)40(38,39)20-9-6-5-7-10-20/h5-14,16,26H,3-4,15,17-18H2,1-2H3,(H,33,37)/t26-/m0/s1. The molecule has 1 N–H and O–H groups in total. The topological polar surface area (TPSA) is 86.8 Å². The molecule has 214 valence electrons. The highest BCUT2D eigenvalue weighted by atomic mass is 35.5. The third kappa shape index (κ3) is 7.46. The Bertz CT molecular complexity index is 1440. The molecule has 0 spiro atoms. The number of amides is 2. The molecule has 0 aromatic heterocycles. The van der Waals surface area contributed by atoms with E-state index in [2.05, 4.69) is 5.32 Å². The van der Waals surface area contributed by atoms with Crippen LogP contribution in [0.4, 0.5) is 10.1 Å². The van der Waals surface area contributed by atoms with Gasteiger partial charge in [0.2, 0.25) is 11.8 Å². The van der Waals surface area contributed by atoms with E-state index in [-0.39, 0.29) is 38.6 Å². The number of sulfonamides is 1. The maximum absolute atomic E-state index is 14.0.